The molecule has 5 N–H and O–H groups in total. The van der Waals surface area contributed by atoms with Crippen molar-refractivity contribution in [2.45, 2.75) is 24.9 Å². The summed E-state index contributed by atoms with van der Waals surface area (Å²) in [7, 11) is 0. The van der Waals surface area contributed by atoms with E-state index in [9.17, 15) is 9.90 Å². The van der Waals surface area contributed by atoms with Gasteiger partial charge in [-0.3, -0.25) is 9.36 Å². The Balaban J connectivity index is 2.08. The fourth-order valence-electron chi connectivity index (χ4n) is 2.26. The lowest BCUT2D eigenvalue weighted by molar-refractivity contribution is -0.0431. The molecule has 1 fully saturated rings. The van der Waals surface area contributed by atoms with E-state index in [4.69, 9.17) is 15.6 Å². The lowest BCUT2D eigenvalue weighted by atomic mass is 10.2. The lowest BCUT2D eigenvalue weighted by Crippen LogP contribution is -2.24. The first-order chi connectivity index (χ1) is 9.11. The maximum atomic E-state index is 11.8. The van der Waals surface area contributed by atoms with Gasteiger partial charge in [0.1, 0.15) is 23.4 Å². The third-order valence-corrected chi connectivity index (χ3v) is 3.22. The van der Waals surface area contributed by atoms with Crippen LogP contribution in [0.2, 0.25) is 0 Å². The minimum absolute atomic E-state index is 0.116. The Bertz CT molecular complexity index is 665. The third kappa shape index (κ3) is 1.79. The van der Waals surface area contributed by atoms with E-state index in [0.29, 0.717) is 0 Å². The highest BCUT2D eigenvalue weighted by atomic mass is 16.5. The van der Waals surface area contributed by atoms with Gasteiger partial charge >= 0.3 is 0 Å². The molecule has 0 bridgehead atoms. The van der Waals surface area contributed by atoms with Crippen LogP contribution < -0.4 is 11.3 Å². The summed E-state index contributed by atoms with van der Waals surface area (Å²) in [5.74, 6) is 0.116. The van der Waals surface area contributed by atoms with Crippen molar-refractivity contribution in [2.75, 3.05) is 12.3 Å². The SMILES string of the molecule is Nc1n[nH]c(=O)c2c1ncn2[C@H]1C[C@H](O)[C@@H](CO)O1. The molecular formula is C10H13N5O4. The van der Waals surface area contributed by atoms with Gasteiger partial charge in [0.25, 0.3) is 5.56 Å². The van der Waals surface area contributed by atoms with E-state index >= 15 is 0 Å². The van der Waals surface area contributed by atoms with Gasteiger partial charge in [-0.25, -0.2) is 10.1 Å². The van der Waals surface area contributed by atoms with Gasteiger partial charge in [0.15, 0.2) is 5.82 Å². The number of ether oxygens (including phenoxy) is 1. The Morgan fingerprint density at radius 1 is 1.63 bits per heavy atom. The molecule has 9 heteroatoms. The minimum Gasteiger partial charge on any atom is -0.394 e. The second-order valence-corrected chi connectivity index (χ2v) is 4.40. The zero-order chi connectivity index (χ0) is 13.6. The number of H-pyrrole nitrogens is 1. The van der Waals surface area contributed by atoms with Crippen LogP contribution in [-0.4, -0.2) is 48.8 Å². The van der Waals surface area contributed by atoms with E-state index in [1.165, 1.54) is 10.9 Å². The van der Waals surface area contributed by atoms with Crippen molar-refractivity contribution in [1.29, 1.82) is 0 Å². The molecule has 0 spiro atoms. The van der Waals surface area contributed by atoms with Crippen LogP contribution in [0.25, 0.3) is 11.0 Å². The van der Waals surface area contributed by atoms with Gasteiger partial charge in [0.2, 0.25) is 0 Å². The monoisotopic (exact) mass is 267 g/mol. The Kier molecular flexibility index (Phi) is 2.73. The van der Waals surface area contributed by atoms with Gasteiger partial charge in [-0.05, 0) is 0 Å². The van der Waals surface area contributed by atoms with Gasteiger partial charge in [-0.1, -0.05) is 0 Å². The number of imidazole rings is 1. The quantitative estimate of drug-likeness (QED) is 0.510. The number of nitrogens with two attached hydrogens (primary N) is 1. The summed E-state index contributed by atoms with van der Waals surface area (Å²) in [6.45, 7) is -0.287. The molecule has 19 heavy (non-hydrogen) atoms. The minimum atomic E-state index is -0.786. The first-order valence-corrected chi connectivity index (χ1v) is 5.77. The Morgan fingerprint density at radius 2 is 2.42 bits per heavy atom. The summed E-state index contributed by atoms with van der Waals surface area (Å²) in [6, 6.07) is 0. The fourth-order valence-corrected chi connectivity index (χ4v) is 2.26. The number of hydrogen-bond donors (Lipinski definition) is 4. The average Bonchev–Trinajstić information content (AvgIpc) is 2.97. The van der Waals surface area contributed by atoms with E-state index in [2.05, 4.69) is 15.2 Å². The summed E-state index contributed by atoms with van der Waals surface area (Å²) in [6.07, 6.45) is -0.348. The van der Waals surface area contributed by atoms with E-state index in [1.807, 2.05) is 0 Å². The molecule has 0 amide bonds. The van der Waals surface area contributed by atoms with Crippen LogP contribution in [0.4, 0.5) is 5.82 Å². The number of nitrogens with one attached hydrogen (secondary N) is 1. The first kappa shape index (κ1) is 12.1. The van der Waals surface area contributed by atoms with Gasteiger partial charge in [-0.2, -0.15) is 5.10 Å². The van der Waals surface area contributed by atoms with Gasteiger partial charge < -0.3 is 20.7 Å². The number of nitrogen functional groups attached to an aromatic ring is 1. The molecule has 0 radical (unpaired) electrons. The molecular weight excluding hydrogens is 254 g/mol. The number of aliphatic hydroxyl groups is 2. The van der Waals surface area contributed by atoms with Crippen molar-refractivity contribution in [3.8, 4) is 0 Å². The zero-order valence-corrected chi connectivity index (χ0v) is 9.85. The van der Waals surface area contributed by atoms with Crippen LogP contribution in [-0.2, 0) is 4.74 Å². The van der Waals surface area contributed by atoms with E-state index in [-0.39, 0.29) is 29.9 Å². The van der Waals surface area contributed by atoms with Crippen LogP contribution in [0.5, 0.6) is 0 Å². The number of nitrogens with zero attached hydrogens (tertiary/aromatic N) is 3. The highest BCUT2D eigenvalue weighted by Crippen LogP contribution is 2.30. The molecule has 3 rings (SSSR count). The fraction of sp³-hybridized carbons (Fsp3) is 0.500. The normalized spacial score (nSPS) is 27.2. The molecule has 3 atom stereocenters. The van der Waals surface area contributed by atoms with Crippen molar-refractivity contribution >= 4 is 16.9 Å². The van der Waals surface area contributed by atoms with Crippen molar-refractivity contribution in [2.24, 2.45) is 0 Å². The van der Waals surface area contributed by atoms with Gasteiger partial charge in [0, 0.05) is 6.42 Å². The van der Waals surface area contributed by atoms with E-state index in [1.54, 1.807) is 0 Å². The van der Waals surface area contributed by atoms with Crippen molar-refractivity contribution in [3.05, 3.63) is 16.7 Å². The molecule has 3 heterocycles. The summed E-state index contributed by atoms with van der Waals surface area (Å²) in [5, 5.41) is 24.7. The number of aromatic nitrogens is 4. The highest BCUT2D eigenvalue weighted by Gasteiger charge is 2.35. The summed E-state index contributed by atoms with van der Waals surface area (Å²) >= 11 is 0. The lowest BCUT2D eigenvalue weighted by Gasteiger charge is -2.13. The molecule has 102 valence electrons. The summed E-state index contributed by atoms with van der Waals surface area (Å²) in [5.41, 5.74) is 5.72. The topological polar surface area (TPSA) is 139 Å². The smallest absolute Gasteiger partial charge is 0.290 e. The standard InChI is InChI=1S/C10H13N5O4/c11-9-7-8(10(18)14-13-9)15(3-12-7)6-1-4(17)5(2-16)19-6/h3-6,16-17H,1-2H2,(H2,11,13)(H,14,18)/t4-,5+,6+/m0/s1. The Morgan fingerprint density at radius 3 is 3.11 bits per heavy atom. The second-order valence-electron chi connectivity index (χ2n) is 4.40. The number of hydrogen-bond acceptors (Lipinski definition) is 7. The third-order valence-electron chi connectivity index (χ3n) is 3.22. The van der Waals surface area contributed by atoms with Crippen molar-refractivity contribution in [1.82, 2.24) is 19.7 Å². The number of anilines is 1. The second kappa shape index (κ2) is 4.30. The summed E-state index contributed by atoms with van der Waals surface area (Å²) < 4.78 is 6.97. The van der Waals surface area contributed by atoms with Gasteiger partial charge in [0.05, 0.1) is 19.0 Å². The van der Waals surface area contributed by atoms with Crippen LogP contribution in [0.3, 0.4) is 0 Å². The van der Waals surface area contributed by atoms with E-state index < -0.39 is 24.0 Å². The zero-order valence-electron chi connectivity index (χ0n) is 9.85. The molecule has 0 unspecified atom stereocenters. The molecule has 1 aliphatic rings. The molecule has 1 saturated heterocycles. The van der Waals surface area contributed by atoms with E-state index in [0.717, 1.165) is 0 Å². The average molecular weight is 267 g/mol. The number of aliphatic hydroxyl groups excluding tert-OH is 2. The molecule has 0 saturated carbocycles. The van der Waals surface area contributed by atoms with Crippen LogP contribution in [0, 0.1) is 0 Å². The maximum Gasteiger partial charge on any atom is 0.290 e. The number of fused-ring (bicyclic) bond motifs is 1. The molecule has 9 nitrogen and oxygen atoms in total. The summed E-state index contributed by atoms with van der Waals surface area (Å²) in [4.78, 5) is 15.8. The van der Waals surface area contributed by atoms with Crippen molar-refractivity contribution < 1.29 is 14.9 Å². The van der Waals surface area contributed by atoms with Crippen LogP contribution >= 0.6 is 0 Å². The van der Waals surface area contributed by atoms with Gasteiger partial charge in [-0.15, -0.1) is 0 Å². The molecule has 0 aromatic carbocycles. The molecule has 0 aliphatic carbocycles. The highest BCUT2D eigenvalue weighted by molar-refractivity contribution is 5.83. The Labute approximate surface area is 106 Å². The molecule has 1 aliphatic heterocycles. The number of aromatic amines is 1. The molecule has 2 aromatic heterocycles. The Hall–Kier alpha value is -1.97. The number of rotatable bonds is 2. The van der Waals surface area contributed by atoms with Crippen LogP contribution in [0.15, 0.2) is 11.1 Å². The first-order valence-electron chi connectivity index (χ1n) is 5.77. The predicted octanol–water partition coefficient (Wildman–Crippen LogP) is -1.66. The van der Waals surface area contributed by atoms with Crippen molar-refractivity contribution in [3.63, 3.8) is 0 Å². The van der Waals surface area contributed by atoms with Crippen LogP contribution in [0.1, 0.15) is 12.6 Å². The maximum absolute atomic E-state index is 11.8. The molecule has 2 aromatic rings. The largest absolute Gasteiger partial charge is 0.394 e. The predicted molar refractivity (Wildman–Crippen MR) is 64.2 cm³/mol.